The lowest BCUT2D eigenvalue weighted by atomic mass is 9.98. The predicted octanol–water partition coefficient (Wildman–Crippen LogP) is 2.72. The van der Waals surface area contributed by atoms with Crippen LogP contribution in [0.4, 0.5) is 0 Å². The number of aryl methyl sites for hydroxylation is 3. The molecule has 1 atom stereocenters. The molecular weight excluding hydrogens is 248 g/mol. The Kier molecular flexibility index (Phi) is 4.90. The lowest BCUT2D eigenvalue weighted by molar-refractivity contribution is 0.506. The van der Waals surface area contributed by atoms with Crippen molar-refractivity contribution in [3.8, 4) is 0 Å². The Morgan fingerprint density at radius 2 is 2.05 bits per heavy atom. The molecule has 0 aliphatic heterocycles. The number of rotatable bonds is 6. The second-order valence-electron chi connectivity index (χ2n) is 5.35. The van der Waals surface area contributed by atoms with Crippen molar-refractivity contribution in [2.45, 2.75) is 39.7 Å². The molecule has 0 spiro atoms. The van der Waals surface area contributed by atoms with E-state index in [0.29, 0.717) is 0 Å². The number of hydrogen-bond donors (Lipinski definition) is 1. The van der Waals surface area contributed by atoms with Gasteiger partial charge in [0.25, 0.3) is 0 Å². The maximum atomic E-state index is 4.34. The molecule has 0 saturated heterocycles. The highest BCUT2D eigenvalue weighted by Gasteiger charge is 2.15. The average molecular weight is 272 g/mol. The first-order chi connectivity index (χ1) is 9.61. The molecule has 0 amide bonds. The van der Waals surface area contributed by atoms with E-state index in [0.717, 1.165) is 25.2 Å². The summed E-state index contributed by atoms with van der Waals surface area (Å²) < 4.78 is 1.85. The summed E-state index contributed by atoms with van der Waals surface area (Å²) in [7, 11) is 1.94. The molecule has 0 aliphatic carbocycles. The van der Waals surface area contributed by atoms with Gasteiger partial charge in [-0.3, -0.25) is 4.68 Å². The molecule has 4 heteroatoms. The van der Waals surface area contributed by atoms with E-state index in [9.17, 15) is 0 Å². The minimum absolute atomic E-state index is 0.289. The van der Waals surface area contributed by atoms with Crippen LogP contribution in [0, 0.1) is 13.8 Å². The lowest BCUT2D eigenvalue weighted by Gasteiger charge is -2.19. The lowest BCUT2D eigenvalue weighted by Crippen LogP contribution is -2.25. The van der Waals surface area contributed by atoms with Gasteiger partial charge in [0, 0.05) is 19.5 Å². The molecule has 1 heterocycles. The maximum Gasteiger partial charge on any atom is 0.138 e. The van der Waals surface area contributed by atoms with Crippen molar-refractivity contribution in [1.82, 2.24) is 20.1 Å². The van der Waals surface area contributed by atoms with Crippen molar-refractivity contribution in [3.63, 3.8) is 0 Å². The van der Waals surface area contributed by atoms with E-state index in [-0.39, 0.29) is 6.04 Å². The highest BCUT2D eigenvalue weighted by molar-refractivity contribution is 5.32. The van der Waals surface area contributed by atoms with Gasteiger partial charge in [-0.2, -0.15) is 5.10 Å². The Labute approximate surface area is 121 Å². The molecule has 0 radical (unpaired) electrons. The fraction of sp³-hybridized carbons (Fsp3) is 0.500. The van der Waals surface area contributed by atoms with Crippen LogP contribution in [-0.2, 0) is 13.5 Å². The standard InChI is InChI=1S/C16H24N4/c1-5-8-17-15(10-16-18-11-19-20(16)4)14-7-6-12(2)13(3)9-14/h6-7,9,11,15,17H,5,8,10H2,1-4H3. The van der Waals surface area contributed by atoms with Crippen LogP contribution in [0.2, 0.25) is 0 Å². The van der Waals surface area contributed by atoms with Crippen LogP contribution < -0.4 is 5.32 Å². The van der Waals surface area contributed by atoms with E-state index in [1.54, 1.807) is 6.33 Å². The summed E-state index contributed by atoms with van der Waals surface area (Å²) in [4.78, 5) is 4.34. The normalized spacial score (nSPS) is 12.6. The summed E-state index contributed by atoms with van der Waals surface area (Å²) in [5.41, 5.74) is 4.00. The van der Waals surface area contributed by atoms with Crippen molar-refractivity contribution in [2.24, 2.45) is 7.05 Å². The van der Waals surface area contributed by atoms with Crippen LogP contribution in [0.1, 0.15) is 41.9 Å². The van der Waals surface area contributed by atoms with E-state index < -0.39 is 0 Å². The molecule has 1 aromatic heterocycles. The molecule has 4 nitrogen and oxygen atoms in total. The largest absolute Gasteiger partial charge is 0.310 e. The van der Waals surface area contributed by atoms with E-state index in [4.69, 9.17) is 0 Å². The molecule has 1 unspecified atom stereocenters. The first-order valence-corrected chi connectivity index (χ1v) is 7.25. The van der Waals surface area contributed by atoms with E-state index in [1.165, 1.54) is 16.7 Å². The van der Waals surface area contributed by atoms with Crippen LogP contribution in [0.15, 0.2) is 24.5 Å². The first kappa shape index (κ1) is 14.7. The highest BCUT2D eigenvalue weighted by atomic mass is 15.3. The topological polar surface area (TPSA) is 42.7 Å². The van der Waals surface area contributed by atoms with Crippen molar-refractivity contribution in [1.29, 1.82) is 0 Å². The van der Waals surface area contributed by atoms with Crippen molar-refractivity contribution < 1.29 is 0 Å². The zero-order valence-electron chi connectivity index (χ0n) is 12.8. The fourth-order valence-electron chi connectivity index (χ4n) is 2.30. The van der Waals surface area contributed by atoms with E-state index in [2.05, 4.69) is 54.4 Å². The smallest absolute Gasteiger partial charge is 0.138 e. The van der Waals surface area contributed by atoms with Gasteiger partial charge in [0.2, 0.25) is 0 Å². The van der Waals surface area contributed by atoms with Crippen molar-refractivity contribution in [3.05, 3.63) is 47.0 Å². The summed E-state index contributed by atoms with van der Waals surface area (Å²) in [6.45, 7) is 7.51. The van der Waals surface area contributed by atoms with Gasteiger partial charge in [0.1, 0.15) is 12.2 Å². The molecule has 2 rings (SSSR count). The number of hydrogen-bond acceptors (Lipinski definition) is 3. The van der Waals surface area contributed by atoms with Crippen LogP contribution in [-0.4, -0.2) is 21.3 Å². The van der Waals surface area contributed by atoms with E-state index in [1.807, 2.05) is 11.7 Å². The van der Waals surface area contributed by atoms with Crippen LogP contribution in [0.5, 0.6) is 0 Å². The third-order valence-corrected chi connectivity index (χ3v) is 3.77. The molecule has 0 aliphatic rings. The summed E-state index contributed by atoms with van der Waals surface area (Å²) in [5, 5.41) is 7.77. The molecule has 0 saturated carbocycles. The predicted molar refractivity (Wildman–Crippen MR) is 81.7 cm³/mol. The summed E-state index contributed by atoms with van der Waals surface area (Å²) in [6.07, 6.45) is 3.60. The zero-order chi connectivity index (χ0) is 14.5. The summed E-state index contributed by atoms with van der Waals surface area (Å²) >= 11 is 0. The SMILES string of the molecule is CCCNC(Cc1ncnn1C)c1ccc(C)c(C)c1. The Bertz CT molecular complexity index is 559. The first-order valence-electron chi connectivity index (χ1n) is 7.25. The van der Waals surface area contributed by atoms with Gasteiger partial charge in [-0.05, 0) is 43.5 Å². The number of benzene rings is 1. The summed E-state index contributed by atoms with van der Waals surface area (Å²) in [6, 6.07) is 6.98. The second kappa shape index (κ2) is 6.66. The summed E-state index contributed by atoms with van der Waals surface area (Å²) in [5.74, 6) is 1.01. The minimum Gasteiger partial charge on any atom is -0.310 e. The second-order valence-corrected chi connectivity index (χ2v) is 5.35. The third-order valence-electron chi connectivity index (χ3n) is 3.77. The van der Waals surface area contributed by atoms with Crippen molar-refractivity contribution in [2.75, 3.05) is 6.54 Å². The Morgan fingerprint density at radius 3 is 2.65 bits per heavy atom. The molecule has 1 aromatic carbocycles. The van der Waals surface area contributed by atoms with Gasteiger partial charge in [-0.25, -0.2) is 4.98 Å². The van der Waals surface area contributed by atoms with Gasteiger partial charge in [-0.1, -0.05) is 25.1 Å². The highest BCUT2D eigenvalue weighted by Crippen LogP contribution is 2.20. The molecule has 0 bridgehead atoms. The Balaban J connectivity index is 2.22. The maximum absolute atomic E-state index is 4.34. The van der Waals surface area contributed by atoms with Crippen LogP contribution in [0.25, 0.3) is 0 Å². The Hall–Kier alpha value is -1.68. The molecule has 108 valence electrons. The molecule has 20 heavy (non-hydrogen) atoms. The molecule has 1 N–H and O–H groups in total. The molecule has 0 fully saturated rings. The van der Waals surface area contributed by atoms with Gasteiger partial charge in [0.15, 0.2) is 0 Å². The van der Waals surface area contributed by atoms with Crippen molar-refractivity contribution >= 4 is 0 Å². The monoisotopic (exact) mass is 272 g/mol. The minimum atomic E-state index is 0.289. The molecular formula is C16H24N4. The fourth-order valence-corrected chi connectivity index (χ4v) is 2.30. The van der Waals surface area contributed by atoms with Gasteiger partial charge < -0.3 is 5.32 Å². The van der Waals surface area contributed by atoms with Crippen LogP contribution in [0.3, 0.4) is 0 Å². The average Bonchev–Trinajstić information content (AvgIpc) is 2.83. The number of nitrogens with one attached hydrogen (secondary N) is 1. The zero-order valence-corrected chi connectivity index (χ0v) is 12.8. The third kappa shape index (κ3) is 3.45. The van der Waals surface area contributed by atoms with Gasteiger partial charge in [0.05, 0.1) is 0 Å². The van der Waals surface area contributed by atoms with Gasteiger partial charge in [-0.15, -0.1) is 0 Å². The quantitative estimate of drug-likeness (QED) is 0.879. The van der Waals surface area contributed by atoms with E-state index >= 15 is 0 Å². The Morgan fingerprint density at radius 1 is 1.25 bits per heavy atom. The van der Waals surface area contributed by atoms with Gasteiger partial charge >= 0.3 is 0 Å². The number of nitrogens with zero attached hydrogens (tertiary/aromatic N) is 3. The van der Waals surface area contributed by atoms with Crippen LogP contribution >= 0.6 is 0 Å². The number of aromatic nitrogens is 3. The molecule has 2 aromatic rings.